The van der Waals surface area contributed by atoms with Gasteiger partial charge in [0.1, 0.15) is 12.1 Å². The van der Waals surface area contributed by atoms with Crippen molar-refractivity contribution in [1.29, 1.82) is 0 Å². The quantitative estimate of drug-likeness (QED) is 0.799. The Morgan fingerprint density at radius 2 is 2.40 bits per heavy atom. The maximum Gasteiger partial charge on any atom is 0.305 e. The first-order chi connectivity index (χ1) is 7.27. The lowest BCUT2D eigenvalue weighted by atomic mass is 10.2. The molecule has 2 rings (SSSR count). The molecule has 6 heteroatoms. The molecule has 0 atom stereocenters. The third-order valence-electron chi connectivity index (χ3n) is 2.15. The second kappa shape index (κ2) is 4.48. The number of thioether (sulfide) groups is 1. The Morgan fingerprint density at radius 1 is 1.53 bits per heavy atom. The smallest absolute Gasteiger partial charge is 0.305 e. The zero-order valence-electron chi connectivity index (χ0n) is 8.06. The molecule has 0 aliphatic carbocycles. The van der Waals surface area contributed by atoms with Gasteiger partial charge < -0.3 is 10.4 Å². The average Bonchev–Trinajstić information content (AvgIpc) is 2.65. The molecule has 0 amide bonds. The number of aromatic nitrogens is 2. The fourth-order valence-corrected chi connectivity index (χ4v) is 2.47. The zero-order valence-corrected chi connectivity index (χ0v) is 8.88. The highest BCUT2D eigenvalue weighted by Crippen LogP contribution is 2.31. The van der Waals surface area contributed by atoms with Gasteiger partial charge in [-0.1, -0.05) is 0 Å². The van der Waals surface area contributed by atoms with Gasteiger partial charge in [0.15, 0.2) is 0 Å². The summed E-state index contributed by atoms with van der Waals surface area (Å²) in [6.07, 6.45) is 1.62. The molecule has 1 aliphatic rings. The van der Waals surface area contributed by atoms with E-state index in [1.54, 1.807) is 11.8 Å². The second-order valence-electron chi connectivity index (χ2n) is 3.21. The summed E-state index contributed by atoms with van der Waals surface area (Å²) in [5, 5.41) is 11.5. The van der Waals surface area contributed by atoms with Gasteiger partial charge in [0.05, 0.1) is 12.1 Å². The van der Waals surface area contributed by atoms with Gasteiger partial charge in [-0.3, -0.25) is 4.79 Å². The summed E-state index contributed by atoms with van der Waals surface area (Å²) in [5.74, 6) is 1.81. The second-order valence-corrected chi connectivity index (χ2v) is 4.20. The lowest BCUT2D eigenvalue weighted by molar-refractivity contribution is -0.136. The highest BCUT2D eigenvalue weighted by atomic mass is 32.2. The largest absolute Gasteiger partial charge is 0.481 e. The van der Waals surface area contributed by atoms with Crippen LogP contribution < -0.4 is 5.32 Å². The molecular weight excluding hydrogens is 214 g/mol. The van der Waals surface area contributed by atoms with Crippen LogP contribution in [0.25, 0.3) is 0 Å². The highest BCUT2D eigenvalue weighted by molar-refractivity contribution is 7.98. The number of carboxylic acids is 1. The number of carboxylic acid groups (broad SMARTS) is 1. The molecule has 1 aliphatic heterocycles. The van der Waals surface area contributed by atoms with Crippen molar-refractivity contribution >= 4 is 23.5 Å². The van der Waals surface area contributed by atoms with Gasteiger partial charge >= 0.3 is 5.97 Å². The zero-order chi connectivity index (χ0) is 10.7. The molecule has 0 aromatic carbocycles. The molecule has 0 radical (unpaired) electrons. The number of rotatable bonds is 4. The van der Waals surface area contributed by atoms with Gasteiger partial charge in [-0.2, -0.15) is 11.8 Å². The van der Waals surface area contributed by atoms with E-state index in [1.807, 2.05) is 0 Å². The summed E-state index contributed by atoms with van der Waals surface area (Å²) in [6.45, 7) is 0.406. The van der Waals surface area contributed by atoms with Crippen molar-refractivity contribution in [1.82, 2.24) is 9.97 Å². The van der Waals surface area contributed by atoms with Crippen LogP contribution in [0.3, 0.4) is 0 Å². The molecule has 0 bridgehead atoms. The van der Waals surface area contributed by atoms with Crippen LogP contribution in [0.5, 0.6) is 0 Å². The van der Waals surface area contributed by atoms with Crippen LogP contribution in [0.1, 0.15) is 17.7 Å². The SMILES string of the molecule is O=C(O)CCNc1ncnc2c1CSC2. The lowest BCUT2D eigenvalue weighted by Crippen LogP contribution is -2.10. The Bertz CT molecular complexity index is 384. The predicted molar refractivity (Wildman–Crippen MR) is 57.8 cm³/mol. The number of anilines is 1. The van der Waals surface area contributed by atoms with Crippen molar-refractivity contribution in [3.63, 3.8) is 0 Å². The Morgan fingerprint density at radius 3 is 3.20 bits per heavy atom. The summed E-state index contributed by atoms with van der Waals surface area (Å²) in [7, 11) is 0. The molecule has 1 aromatic heterocycles. The molecule has 80 valence electrons. The summed E-state index contributed by atoms with van der Waals surface area (Å²) in [4.78, 5) is 18.6. The van der Waals surface area contributed by atoms with Crippen LogP contribution >= 0.6 is 11.8 Å². The summed E-state index contributed by atoms with van der Waals surface area (Å²) < 4.78 is 0. The minimum Gasteiger partial charge on any atom is -0.481 e. The number of carbonyl (C=O) groups is 1. The van der Waals surface area contributed by atoms with Crippen molar-refractivity contribution in [2.75, 3.05) is 11.9 Å². The normalized spacial score (nSPS) is 13.6. The standard InChI is InChI=1S/C9H11N3O2S/c13-8(14)1-2-10-9-6-3-15-4-7(6)11-5-12-9/h5H,1-4H2,(H,13,14)(H,10,11,12). The number of aliphatic carboxylic acids is 1. The first-order valence-electron chi connectivity index (χ1n) is 4.63. The topological polar surface area (TPSA) is 75.1 Å². The van der Waals surface area contributed by atoms with Gasteiger partial charge in [0.25, 0.3) is 0 Å². The Kier molecular flexibility index (Phi) is 3.05. The van der Waals surface area contributed by atoms with Gasteiger partial charge in [-0.05, 0) is 0 Å². The molecule has 0 saturated heterocycles. The number of nitrogens with zero attached hydrogens (tertiary/aromatic N) is 2. The molecule has 0 fully saturated rings. The minimum absolute atomic E-state index is 0.103. The molecule has 1 aromatic rings. The fraction of sp³-hybridized carbons (Fsp3) is 0.444. The van der Waals surface area contributed by atoms with E-state index in [-0.39, 0.29) is 6.42 Å². The molecule has 2 N–H and O–H groups in total. The summed E-state index contributed by atoms with van der Waals surface area (Å²) in [5.41, 5.74) is 2.18. The fourth-order valence-electron chi connectivity index (χ4n) is 1.41. The summed E-state index contributed by atoms with van der Waals surface area (Å²) in [6, 6.07) is 0. The number of nitrogens with one attached hydrogen (secondary N) is 1. The van der Waals surface area contributed by atoms with E-state index in [0.717, 1.165) is 28.6 Å². The van der Waals surface area contributed by atoms with Crippen molar-refractivity contribution in [2.24, 2.45) is 0 Å². The van der Waals surface area contributed by atoms with Gasteiger partial charge in [-0.25, -0.2) is 9.97 Å². The minimum atomic E-state index is -0.803. The Hall–Kier alpha value is -1.30. The van der Waals surface area contributed by atoms with Crippen LogP contribution in [0.15, 0.2) is 6.33 Å². The number of hydrogen-bond donors (Lipinski definition) is 2. The van der Waals surface area contributed by atoms with Crippen LogP contribution in [0.2, 0.25) is 0 Å². The van der Waals surface area contributed by atoms with Crippen molar-refractivity contribution in [2.45, 2.75) is 17.9 Å². The lowest BCUT2D eigenvalue weighted by Gasteiger charge is -2.07. The molecule has 2 heterocycles. The first-order valence-corrected chi connectivity index (χ1v) is 5.79. The average molecular weight is 225 g/mol. The van der Waals surface area contributed by atoms with Crippen LogP contribution in [-0.4, -0.2) is 27.6 Å². The maximum absolute atomic E-state index is 10.3. The highest BCUT2D eigenvalue weighted by Gasteiger charge is 2.17. The van der Waals surface area contributed by atoms with Crippen molar-refractivity contribution in [3.8, 4) is 0 Å². The number of hydrogen-bond acceptors (Lipinski definition) is 5. The third-order valence-corrected chi connectivity index (χ3v) is 3.12. The summed E-state index contributed by atoms with van der Waals surface area (Å²) >= 11 is 1.80. The van der Waals surface area contributed by atoms with E-state index >= 15 is 0 Å². The van der Waals surface area contributed by atoms with E-state index < -0.39 is 5.97 Å². The van der Waals surface area contributed by atoms with E-state index in [0.29, 0.717) is 6.54 Å². The molecule has 0 spiro atoms. The first kappa shape index (κ1) is 10.2. The molecule has 0 unspecified atom stereocenters. The van der Waals surface area contributed by atoms with E-state index in [1.165, 1.54) is 6.33 Å². The van der Waals surface area contributed by atoms with Crippen LogP contribution in [0, 0.1) is 0 Å². The monoisotopic (exact) mass is 225 g/mol. The van der Waals surface area contributed by atoms with E-state index in [9.17, 15) is 4.79 Å². The molecular formula is C9H11N3O2S. The Balaban J connectivity index is 2.02. The van der Waals surface area contributed by atoms with Crippen molar-refractivity contribution in [3.05, 3.63) is 17.6 Å². The van der Waals surface area contributed by atoms with Gasteiger partial charge in [-0.15, -0.1) is 0 Å². The van der Waals surface area contributed by atoms with E-state index in [4.69, 9.17) is 5.11 Å². The Labute approximate surface area is 91.3 Å². The molecule has 5 nitrogen and oxygen atoms in total. The predicted octanol–water partition coefficient (Wildman–Crippen LogP) is 1.11. The van der Waals surface area contributed by atoms with Crippen LogP contribution in [-0.2, 0) is 16.3 Å². The molecule has 0 saturated carbocycles. The van der Waals surface area contributed by atoms with Gasteiger partial charge in [0, 0.05) is 23.6 Å². The number of fused-ring (bicyclic) bond motifs is 1. The van der Waals surface area contributed by atoms with Crippen LogP contribution in [0.4, 0.5) is 5.82 Å². The molecule has 15 heavy (non-hydrogen) atoms. The third kappa shape index (κ3) is 2.38. The van der Waals surface area contributed by atoms with E-state index in [2.05, 4.69) is 15.3 Å². The van der Waals surface area contributed by atoms with Gasteiger partial charge in [0.2, 0.25) is 0 Å². The van der Waals surface area contributed by atoms with Crippen molar-refractivity contribution < 1.29 is 9.90 Å². The maximum atomic E-state index is 10.3.